The minimum Gasteiger partial charge on any atom is -0.497 e. The molecule has 0 radical (unpaired) electrons. The van der Waals surface area contributed by atoms with Crippen LogP contribution in [-0.4, -0.2) is 79.9 Å². The highest BCUT2D eigenvalue weighted by molar-refractivity contribution is 5.90. The Labute approximate surface area is 208 Å². The summed E-state index contributed by atoms with van der Waals surface area (Å²) >= 11 is 0. The second kappa shape index (κ2) is 13.0. The van der Waals surface area contributed by atoms with Gasteiger partial charge in [0.05, 0.1) is 14.2 Å². The number of hydrogen-bond acceptors (Lipinski definition) is 8. The summed E-state index contributed by atoms with van der Waals surface area (Å²) in [7, 11) is 3.10. The number of rotatable bonds is 9. The molecule has 0 unspecified atom stereocenters. The van der Waals surface area contributed by atoms with Crippen LogP contribution in [-0.2, 0) is 20.9 Å². The van der Waals surface area contributed by atoms with Gasteiger partial charge in [-0.25, -0.2) is 10.3 Å². The van der Waals surface area contributed by atoms with Gasteiger partial charge in [0.2, 0.25) is 0 Å². The zero-order valence-electron chi connectivity index (χ0n) is 20.1. The number of nitrogens with zero attached hydrogens (tertiary/aromatic N) is 2. The Morgan fingerprint density at radius 1 is 0.917 bits per heavy atom. The molecule has 1 aliphatic heterocycles. The van der Waals surface area contributed by atoms with Crippen molar-refractivity contribution in [2.45, 2.75) is 6.61 Å². The highest BCUT2D eigenvalue weighted by Gasteiger charge is 2.25. The first-order valence-electron chi connectivity index (χ1n) is 11.2. The second-order valence-electron chi connectivity index (χ2n) is 7.81. The number of hydroxylamine groups is 1. The van der Waals surface area contributed by atoms with E-state index in [0.29, 0.717) is 43.4 Å². The van der Waals surface area contributed by atoms with E-state index in [-0.39, 0.29) is 19.1 Å². The maximum absolute atomic E-state index is 12.5. The largest absolute Gasteiger partial charge is 0.497 e. The fourth-order valence-corrected chi connectivity index (χ4v) is 3.45. The molecule has 2 N–H and O–H groups in total. The number of carbonyl (C=O) groups excluding carboxylic acids is 3. The number of carbonyl (C=O) groups is 3. The third-order valence-electron chi connectivity index (χ3n) is 5.44. The topological polar surface area (TPSA) is 127 Å². The normalized spacial score (nSPS) is 13.3. The van der Waals surface area contributed by atoms with Gasteiger partial charge in [0.15, 0.2) is 6.61 Å². The third-order valence-corrected chi connectivity index (χ3v) is 5.44. The van der Waals surface area contributed by atoms with Crippen molar-refractivity contribution in [2.75, 3.05) is 47.0 Å². The van der Waals surface area contributed by atoms with Gasteiger partial charge in [0, 0.05) is 38.3 Å². The molecule has 11 heteroatoms. The van der Waals surface area contributed by atoms with Crippen molar-refractivity contribution < 1.29 is 38.5 Å². The Morgan fingerprint density at radius 2 is 1.53 bits per heavy atom. The molecular formula is C25H29N3O8. The number of amides is 3. The Kier molecular flexibility index (Phi) is 9.52. The molecule has 11 nitrogen and oxygen atoms in total. The lowest BCUT2D eigenvalue weighted by atomic mass is 10.2. The summed E-state index contributed by atoms with van der Waals surface area (Å²) in [5.74, 6) is 0.898. The molecule has 0 aromatic heterocycles. The Morgan fingerprint density at radius 3 is 2.11 bits per heavy atom. The van der Waals surface area contributed by atoms with Gasteiger partial charge in [-0.1, -0.05) is 12.1 Å². The molecule has 0 atom stereocenters. The zero-order chi connectivity index (χ0) is 25.9. The Bertz CT molecular complexity index is 1060. The van der Waals surface area contributed by atoms with Gasteiger partial charge >= 0.3 is 6.09 Å². The molecule has 3 amide bonds. The van der Waals surface area contributed by atoms with Crippen LogP contribution < -0.4 is 19.7 Å². The molecule has 1 saturated heterocycles. The summed E-state index contributed by atoms with van der Waals surface area (Å²) in [4.78, 5) is 39.2. The molecule has 0 bridgehead atoms. The molecule has 0 spiro atoms. The van der Waals surface area contributed by atoms with Gasteiger partial charge < -0.3 is 28.7 Å². The standard InChI is InChI=1S/C25H29N3O8/c1-33-21-13-19(14-22(15-21)34-2)16-36-25(31)28-11-9-27(10-12-28)24(30)17-35-20-6-3-18(4-7-20)5-8-23(29)26-32/h3-8,13-15,32H,9-12,16-17H2,1-2H3,(H,26,29). The summed E-state index contributed by atoms with van der Waals surface area (Å²) in [6.45, 7) is 1.40. The predicted octanol–water partition coefficient (Wildman–Crippen LogP) is 2.08. The lowest BCUT2D eigenvalue weighted by Crippen LogP contribution is -2.51. The third kappa shape index (κ3) is 7.64. The van der Waals surface area contributed by atoms with Crippen LogP contribution in [0.15, 0.2) is 48.5 Å². The number of nitrogens with one attached hydrogen (secondary N) is 1. The molecular weight excluding hydrogens is 470 g/mol. The van der Waals surface area contributed by atoms with Crippen LogP contribution in [0, 0.1) is 0 Å². The molecule has 1 fully saturated rings. The van der Waals surface area contributed by atoms with Crippen molar-refractivity contribution in [3.63, 3.8) is 0 Å². The van der Waals surface area contributed by atoms with Crippen LogP contribution in [0.25, 0.3) is 6.08 Å². The average molecular weight is 500 g/mol. The van der Waals surface area contributed by atoms with Crippen molar-refractivity contribution in [2.24, 2.45) is 0 Å². The molecule has 36 heavy (non-hydrogen) atoms. The minimum atomic E-state index is -0.633. The van der Waals surface area contributed by atoms with E-state index in [1.807, 2.05) is 0 Å². The first-order valence-corrected chi connectivity index (χ1v) is 11.2. The zero-order valence-corrected chi connectivity index (χ0v) is 20.1. The number of benzene rings is 2. The lowest BCUT2D eigenvalue weighted by molar-refractivity contribution is -0.135. The van der Waals surface area contributed by atoms with Gasteiger partial charge in [-0.15, -0.1) is 0 Å². The molecule has 3 rings (SSSR count). The fraction of sp³-hybridized carbons (Fsp3) is 0.320. The van der Waals surface area contributed by atoms with Crippen LogP contribution >= 0.6 is 0 Å². The summed E-state index contributed by atoms with van der Waals surface area (Å²) in [6, 6.07) is 12.1. The molecule has 0 saturated carbocycles. The van der Waals surface area contributed by atoms with Gasteiger partial charge in [-0.2, -0.15) is 0 Å². The van der Waals surface area contributed by atoms with E-state index >= 15 is 0 Å². The summed E-state index contributed by atoms with van der Waals surface area (Å²) < 4.78 is 21.4. The Hall–Kier alpha value is -4.25. The van der Waals surface area contributed by atoms with Gasteiger partial charge in [-0.3, -0.25) is 14.8 Å². The average Bonchev–Trinajstić information content (AvgIpc) is 2.93. The summed E-state index contributed by atoms with van der Waals surface area (Å²) in [6.07, 6.45) is 2.26. The van der Waals surface area contributed by atoms with E-state index in [2.05, 4.69) is 0 Å². The van der Waals surface area contributed by atoms with Crippen LogP contribution in [0.2, 0.25) is 0 Å². The predicted molar refractivity (Wildman–Crippen MR) is 129 cm³/mol. The van der Waals surface area contributed by atoms with Gasteiger partial charge in [0.1, 0.15) is 23.9 Å². The maximum atomic E-state index is 12.5. The van der Waals surface area contributed by atoms with Crippen LogP contribution in [0.1, 0.15) is 11.1 Å². The van der Waals surface area contributed by atoms with E-state index in [0.717, 1.165) is 11.1 Å². The van der Waals surface area contributed by atoms with Crippen LogP contribution in [0.3, 0.4) is 0 Å². The first kappa shape index (κ1) is 26.4. The fourth-order valence-electron chi connectivity index (χ4n) is 3.45. The monoisotopic (exact) mass is 499 g/mol. The highest BCUT2D eigenvalue weighted by Crippen LogP contribution is 2.23. The summed E-state index contributed by atoms with van der Waals surface area (Å²) in [5, 5.41) is 8.49. The van der Waals surface area contributed by atoms with E-state index in [1.54, 1.807) is 66.5 Å². The van der Waals surface area contributed by atoms with Gasteiger partial charge in [0.25, 0.3) is 11.8 Å². The van der Waals surface area contributed by atoms with Crippen LogP contribution in [0.5, 0.6) is 17.2 Å². The summed E-state index contributed by atoms with van der Waals surface area (Å²) in [5.41, 5.74) is 2.98. The van der Waals surface area contributed by atoms with Crippen molar-refractivity contribution in [1.82, 2.24) is 15.3 Å². The van der Waals surface area contributed by atoms with E-state index in [4.69, 9.17) is 24.2 Å². The smallest absolute Gasteiger partial charge is 0.410 e. The van der Waals surface area contributed by atoms with Crippen molar-refractivity contribution in [1.29, 1.82) is 0 Å². The second-order valence-corrected chi connectivity index (χ2v) is 7.81. The molecule has 1 aliphatic rings. The van der Waals surface area contributed by atoms with Crippen molar-refractivity contribution in [3.05, 3.63) is 59.7 Å². The number of piperazine rings is 1. The molecule has 2 aromatic rings. The molecule has 0 aliphatic carbocycles. The molecule has 192 valence electrons. The van der Waals surface area contributed by atoms with Crippen molar-refractivity contribution >= 4 is 24.0 Å². The lowest BCUT2D eigenvalue weighted by Gasteiger charge is -2.34. The van der Waals surface area contributed by atoms with Gasteiger partial charge in [-0.05, 0) is 41.5 Å². The van der Waals surface area contributed by atoms with E-state index in [1.165, 1.54) is 17.6 Å². The molecule has 2 aromatic carbocycles. The van der Waals surface area contributed by atoms with E-state index < -0.39 is 12.0 Å². The number of methoxy groups -OCH3 is 2. The highest BCUT2D eigenvalue weighted by atomic mass is 16.6. The molecule has 1 heterocycles. The van der Waals surface area contributed by atoms with Crippen LogP contribution in [0.4, 0.5) is 4.79 Å². The van der Waals surface area contributed by atoms with E-state index in [9.17, 15) is 14.4 Å². The number of ether oxygens (including phenoxy) is 4. The number of hydrogen-bond donors (Lipinski definition) is 2. The SMILES string of the molecule is COc1cc(COC(=O)N2CCN(C(=O)COc3ccc(C=CC(=O)NO)cc3)CC2)cc(OC)c1. The quantitative estimate of drug-likeness (QED) is 0.305. The first-order chi connectivity index (χ1) is 17.4. The van der Waals surface area contributed by atoms with Crippen molar-refractivity contribution in [3.8, 4) is 17.2 Å². The maximum Gasteiger partial charge on any atom is 0.410 e. The minimum absolute atomic E-state index is 0.0720. The Balaban J connectivity index is 1.41.